The molecule has 1 aliphatic heterocycles. The van der Waals surface area contributed by atoms with E-state index in [1.54, 1.807) is 7.11 Å². The fraction of sp³-hybridized carbons (Fsp3) is 1.00. The van der Waals surface area contributed by atoms with Gasteiger partial charge in [-0.25, -0.2) is 0 Å². The third-order valence-electron chi connectivity index (χ3n) is 2.58. The van der Waals surface area contributed by atoms with Crippen LogP contribution in [0.1, 0.15) is 19.8 Å². The van der Waals surface area contributed by atoms with Gasteiger partial charge in [-0.3, -0.25) is 0 Å². The van der Waals surface area contributed by atoms with Crippen LogP contribution in [-0.2, 0) is 9.47 Å². The Morgan fingerprint density at radius 2 is 2.46 bits per heavy atom. The third-order valence-corrected chi connectivity index (χ3v) is 2.58. The molecule has 2 atom stereocenters. The summed E-state index contributed by atoms with van der Waals surface area (Å²) in [5.74, 6) is 0.633. The van der Waals surface area contributed by atoms with E-state index >= 15 is 0 Å². The number of nitrogens with one attached hydrogen (secondary N) is 1. The molecule has 1 saturated heterocycles. The summed E-state index contributed by atoms with van der Waals surface area (Å²) in [5.41, 5.74) is 0. The molecule has 0 aromatic rings. The average molecular weight is 187 g/mol. The Labute approximate surface area is 80.8 Å². The first kappa shape index (κ1) is 11.0. The summed E-state index contributed by atoms with van der Waals surface area (Å²) in [6.07, 6.45) is 2.46. The van der Waals surface area contributed by atoms with E-state index in [9.17, 15) is 0 Å². The minimum Gasteiger partial charge on any atom is -0.383 e. The van der Waals surface area contributed by atoms with E-state index in [0.717, 1.165) is 26.4 Å². The van der Waals surface area contributed by atoms with E-state index in [4.69, 9.17) is 9.47 Å². The monoisotopic (exact) mass is 187 g/mol. The van der Waals surface area contributed by atoms with Crippen molar-refractivity contribution in [1.82, 2.24) is 5.32 Å². The molecule has 0 aromatic heterocycles. The highest BCUT2D eigenvalue weighted by Crippen LogP contribution is 2.17. The van der Waals surface area contributed by atoms with Crippen LogP contribution in [-0.4, -0.2) is 39.5 Å². The molecular formula is C10H21NO2. The fourth-order valence-corrected chi connectivity index (χ4v) is 1.89. The van der Waals surface area contributed by atoms with Crippen LogP contribution < -0.4 is 5.32 Å². The zero-order chi connectivity index (χ0) is 9.52. The van der Waals surface area contributed by atoms with Crippen molar-refractivity contribution in [3.8, 4) is 0 Å². The van der Waals surface area contributed by atoms with Crippen molar-refractivity contribution in [3.05, 3.63) is 0 Å². The molecule has 1 fully saturated rings. The lowest BCUT2D eigenvalue weighted by Gasteiger charge is -2.30. The molecule has 0 saturated carbocycles. The van der Waals surface area contributed by atoms with Crippen LogP contribution >= 0.6 is 0 Å². The van der Waals surface area contributed by atoms with Gasteiger partial charge in [0.05, 0.1) is 13.2 Å². The summed E-state index contributed by atoms with van der Waals surface area (Å²) in [4.78, 5) is 0. The molecule has 0 bridgehead atoms. The molecule has 3 heteroatoms. The Balaban J connectivity index is 2.32. The largest absolute Gasteiger partial charge is 0.383 e. The third kappa shape index (κ3) is 3.63. The van der Waals surface area contributed by atoms with Crippen molar-refractivity contribution in [3.63, 3.8) is 0 Å². The molecule has 78 valence electrons. The first-order chi connectivity index (χ1) is 6.38. The molecule has 2 unspecified atom stereocenters. The van der Waals surface area contributed by atoms with Crippen molar-refractivity contribution in [2.75, 3.05) is 33.5 Å². The zero-order valence-electron chi connectivity index (χ0n) is 8.71. The Morgan fingerprint density at radius 1 is 1.62 bits per heavy atom. The summed E-state index contributed by atoms with van der Waals surface area (Å²) in [6, 6.07) is 0.468. The predicted octanol–water partition coefficient (Wildman–Crippen LogP) is 1.04. The maximum Gasteiger partial charge on any atom is 0.0619 e. The van der Waals surface area contributed by atoms with Gasteiger partial charge in [0, 0.05) is 19.8 Å². The van der Waals surface area contributed by atoms with E-state index in [1.165, 1.54) is 12.8 Å². The van der Waals surface area contributed by atoms with Gasteiger partial charge in [-0.05, 0) is 25.3 Å². The minimum absolute atomic E-state index is 0.468. The summed E-state index contributed by atoms with van der Waals surface area (Å²) < 4.78 is 10.7. The standard InChI is InChI=1S/C10H21NO2/c1-3-11-10(8-12-2)9-5-4-6-13-7-9/h9-11H,3-8H2,1-2H3. The fourth-order valence-electron chi connectivity index (χ4n) is 1.89. The van der Waals surface area contributed by atoms with Gasteiger partial charge in [0.1, 0.15) is 0 Å². The van der Waals surface area contributed by atoms with Crippen LogP contribution in [0.4, 0.5) is 0 Å². The highest BCUT2D eigenvalue weighted by molar-refractivity contribution is 4.77. The van der Waals surface area contributed by atoms with E-state index in [1.807, 2.05) is 0 Å². The van der Waals surface area contributed by atoms with E-state index in [0.29, 0.717) is 12.0 Å². The molecule has 0 amide bonds. The second-order valence-electron chi connectivity index (χ2n) is 3.60. The molecule has 3 nitrogen and oxygen atoms in total. The number of likely N-dealkylation sites (N-methyl/N-ethyl adjacent to an activating group) is 1. The molecule has 1 N–H and O–H groups in total. The van der Waals surface area contributed by atoms with Gasteiger partial charge in [0.2, 0.25) is 0 Å². The zero-order valence-corrected chi connectivity index (χ0v) is 8.71. The van der Waals surface area contributed by atoms with Gasteiger partial charge in [0.25, 0.3) is 0 Å². The minimum atomic E-state index is 0.468. The molecule has 1 rings (SSSR count). The van der Waals surface area contributed by atoms with Crippen molar-refractivity contribution >= 4 is 0 Å². The Kier molecular flexibility index (Phi) is 5.35. The number of ether oxygens (including phenoxy) is 2. The predicted molar refractivity (Wildman–Crippen MR) is 52.9 cm³/mol. The molecule has 0 radical (unpaired) electrons. The van der Waals surface area contributed by atoms with E-state index in [2.05, 4.69) is 12.2 Å². The first-order valence-corrected chi connectivity index (χ1v) is 5.18. The van der Waals surface area contributed by atoms with E-state index < -0.39 is 0 Å². The van der Waals surface area contributed by atoms with Gasteiger partial charge < -0.3 is 14.8 Å². The number of methoxy groups -OCH3 is 1. The lowest BCUT2D eigenvalue weighted by atomic mass is 9.94. The van der Waals surface area contributed by atoms with Crippen molar-refractivity contribution in [1.29, 1.82) is 0 Å². The van der Waals surface area contributed by atoms with Crippen molar-refractivity contribution in [2.45, 2.75) is 25.8 Å². The number of rotatable bonds is 5. The smallest absolute Gasteiger partial charge is 0.0619 e. The van der Waals surface area contributed by atoms with Gasteiger partial charge in [-0.2, -0.15) is 0 Å². The Bertz CT molecular complexity index is 118. The normalized spacial score (nSPS) is 25.8. The van der Waals surface area contributed by atoms with Crippen molar-refractivity contribution < 1.29 is 9.47 Å². The molecule has 1 heterocycles. The van der Waals surface area contributed by atoms with Crippen LogP contribution in [0.2, 0.25) is 0 Å². The van der Waals surface area contributed by atoms with Crippen molar-refractivity contribution in [2.24, 2.45) is 5.92 Å². The van der Waals surface area contributed by atoms with Crippen LogP contribution in [0, 0.1) is 5.92 Å². The average Bonchev–Trinajstić information content (AvgIpc) is 2.19. The van der Waals surface area contributed by atoms with Gasteiger partial charge in [-0.15, -0.1) is 0 Å². The Hall–Kier alpha value is -0.120. The second-order valence-corrected chi connectivity index (χ2v) is 3.60. The molecule has 0 spiro atoms. The Morgan fingerprint density at radius 3 is 3.00 bits per heavy atom. The molecular weight excluding hydrogens is 166 g/mol. The molecule has 13 heavy (non-hydrogen) atoms. The van der Waals surface area contributed by atoms with E-state index in [-0.39, 0.29) is 0 Å². The number of hydrogen-bond donors (Lipinski definition) is 1. The van der Waals surface area contributed by atoms with Crippen LogP contribution in [0.25, 0.3) is 0 Å². The molecule has 0 aromatic carbocycles. The molecule has 0 aliphatic carbocycles. The summed E-state index contributed by atoms with van der Waals surface area (Å²) >= 11 is 0. The quantitative estimate of drug-likeness (QED) is 0.697. The maximum absolute atomic E-state index is 5.46. The van der Waals surface area contributed by atoms with Crippen LogP contribution in [0.5, 0.6) is 0 Å². The highest BCUT2D eigenvalue weighted by Gasteiger charge is 2.23. The number of hydrogen-bond acceptors (Lipinski definition) is 3. The lowest BCUT2D eigenvalue weighted by molar-refractivity contribution is 0.0228. The second kappa shape index (κ2) is 6.35. The highest BCUT2D eigenvalue weighted by atomic mass is 16.5. The summed E-state index contributed by atoms with van der Waals surface area (Å²) in [5, 5.41) is 3.45. The summed E-state index contributed by atoms with van der Waals surface area (Å²) in [6.45, 7) is 5.75. The van der Waals surface area contributed by atoms with Crippen LogP contribution in [0.15, 0.2) is 0 Å². The molecule has 1 aliphatic rings. The van der Waals surface area contributed by atoms with Gasteiger partial charge >= 0.3 is 0 Å². The van der Waals surface area contributed by atoms with Gasteiger partial charge in [-0.1, -0.05) is 6.92 Å². The SMILES string of the molecule is CCNC(COC)C1CCCOC1. The topological polar surface area (TPSA) is 30.5 Å². The van der Waals surface area contributed by atoms with Crippen LogP contribution in [0.3, 0.4) is 0 Å². The maximum atomic E-state index is 5.46. The van der Waals surface area contributed by atoms with Gasteiger partial charge in [0.15, 0.2) is 0 Å². The lowest BCUT2D eigenvalue weighted by Crippen LogP contribution is -2.43. The summed E-state index contributed by atoms with van der Waals surface area (Å²) in [7, 11) is 1.76. The first-order valence-electron chi connectivity index (χ1n) is 5.18.